The zero-order valence-electron chi connectivity index (χ0n) is 13.6. The first-order chi connectivity index (χ1) is 12.2. The summed E-state index contributed by atoms with van der Waals surface area (Å²) in [6.45, 7) is 0.586. The molecule has 0 saturated heterocycles. The monoisotopic (exact) mass is 387 g/mol. The number of amides is 1. The first kappa shape index (κ1) is 18.1. The van der Waals surface area contributed by atoms with E-state index < -0.39 is 0 Å². The number of thioether (sulfide) groups is 1. The topological polar surface area (TPSA) is 29.1 Å². The van der Waals surface area contributed by atoms with Gasteiger partial charge in [0.15, 0.2) is 0 Å². The molecule has 3 aromatic rings. The Balaban J connectivity index is 1.58. The third-order valence-electron chi connectivity index (χ3n) is 3.67. The summed E-state index contributed by atoms with van der Waals surface area (Å²) in [6, 6.07) is 19.7. The lowest BCUT2D eigenvalue weighted by atomic mass is 10.1. The van der Waals surface area contributed by atoms with E-state index in [4.69, 9.17) is 11.6 Å². The molecule has 1 N–H and O–H groups in total. The summed E-state index contributed by atoms with van der Waals surface area (Å²) in [5.41, 5.74) is 1.85. The molecule has 0 aliphatic carbocycles. The van der Waals surface area contributed by atoms with Crippen LogP contribution in [0.1, 0.15) is 20.8 Å². The smallest absolute Gasteiger partial charge is 0.252 e. The average Bonchev–Trinajstić information content (AvgIpc) is 3.14. The molecule has 0 atom stereocenters. The van der Waals surface area contributed by atoms with E-state index in [0.29, 0.717) is 6.54 Å². The average molecular weight is 388 g/mol. The number of rotatable bonds is 7. The van der Waals surface area contributed by atoms with Crippen molar-refractivity contribution in [2.24, 2.45) is 0 Å². The summed E-state index contributed by atoms with van der Waals surface area (Å²) in [5, 5.41) is 5.80. The van der Waals surface area contributed by atoms with Gasteiger partial charge in [-0.15, -0.1) is 23.1 Å². The number of nitrogens with one attached hydrogen (secondary N) is 1. The van der Waals surface area contributed by atoms with Gasteiger partial charge in [-0.3, -0.25) is 4.79 Å². The third kappa shape index (κ3) is 5.36. The zero-order valence-corrected chi connectivity index (χ0v) is 16.0. The molecule has 0 spiro atoms. The number of hydrogen-bond acceptors (Lipinski definition) is 3. The molecule has 0 fully saturated rings. The molecule has 2 nitrogen and oxygen atoms in total. The van der Waals surface area contributed by atoms with Gasteiger partial charge in [-0.05, 0) is 47.7 Å². The Labute approximate surface area is 161 Å². The first-order valence-corrected chi connectivity index (χ1v) is 10.2. The SMILES string of the molecule is O=C(NCCc1cccc(Cl)c1)c1ccccc1SCc1cccs1. The van der Waals surface area contributed by atoms with Gasteiger partial charge in [-0.1, -0.05) is 41.9 Å². The molecule has 0 bridgehead atoms. The third-order valence-corrected chi connectivity index (χ3v) is 6.09. The summed E-state index contributed by atoms with van der Waals surface area (Å²) in [5.74, 6) is 0.848. The predicted octanol–water partition coefficient (Wildman–Crippen LogP) is 5.67. The summed E-state index contributed by atoms with van der Waals surface area (Å²) in [4.78, 5) is 14.9. The van der Waals surface area contributed by atoms with Gasteiger partial charge in [0.25, 0.3) is 5.91 Å². The summed E-state index contributed by atoms with van der Waals surface area (Å²) < 4.78 is 0. The van der Waals surface area contributed by atoms with Gasteiger partial charge in [0.1, 0.15) is 0 Å². The molecule has 1 aromatic heterocycles. The highest BCUT2D eigenvalue weighted by molar-refractivity contribution is 7.98. The van der Waals surface area contributed by atoms with E-state index in [1.165, 1.54) is 4.88 Å². The summed E-state index contributed by atoms with van der Waals surface area (Å²) in [7, 11) is 0. The molecule has 128 valence electrons. The van der Waals surface area contributed by atoms with Gasteiger partial charge in [0, 0.05) is 27.1 Å². The Morgan fingerprint density at radius 3 is 2.76 bits per heavy atom. The fourth-order valence-electron chi connectivity index (χ4n) is 2.43. The van der Waals surface area contributed by atoms with Crippen molar-refractivity contribution in [3.05, 3.63) is 87.1 Å². The van der Waals surface area contributed by atoms with Crippen LogP contribution in [0.2, 0.25) is 5.02 Å². The number of hydrogen-bond donors (Lipinski definition) is 1. The van der Waals surface area contributed by atoms with E-state index in [1.807, 2.05) is 48.5 Å². The van der Waals surface area contributed by atoms with Crippen molar-refractivity contribution in [1.82, 2.24) is 5.32 Å². The van der Waals surface area contributed by atoms with E-state index >= 15 is 0 Å². The van der Waals surface area contributed by atoms with Crippen LogP contribution in [-0.2, 0) is 12.2 Å². The number of halogens is 1. The molecular weight excluding hydrogens is 370 g/mol. The van der Waals surface area contributed by atoms with Crippen LogP contribution in [0, 0.1) is 0 Å². The van der Waals surface area contributed by atoms with Gasteiger partial charge in [0.05, 0.1) is 5.56 Å². The van der Waals surface area contributed by atoms with E-state index in [9.17, 15) is 4.79 Å². The Morgan fingerprint density at radius 2 is 1.96 bits per heavy atom. The minimum Gasteiger partial charge on any atom is -0.352 e. The fourth-order valence-corrected chi connectivity index (χ4v) is 4.47. The Kier molecular flexibility index (Phi) is 6.56. The molecule has 1 heterocycles. The Morgan fingerprint density at radius 1 is 1.08 bits per heavy atom. The van der Waals surface area contributed by atoms with Crippen LogP contribution in [0.4, 0.5) is 0 Å². The minimum atomic E-state index is -0.0312. The molecule has 0 unspecified atom stereocenters. The first-order valence-electron chi connectivity index (χ1n) is 7.99. The minimum absolute atomic E-state index is 0.0312. The van der Waals surface area contributed by atoms with Gasteiger partial charge in [-0.2, -0.15) is 0 Å². The second-order valence-electron chi connectivity index (χ2n) is 5.50. The molecule has 1 amide bonds. The molecule has 2 aromatic carbocycles. The number of benzene rings is 2. The van der Waals surface area contributed by atoms with Crippen molar-refractivity contribution < 1.29 is 4.79 Å². The van der Waals surface area contributed by atoms with Crippen LogP contribution in [0.25, 0.3) is 0 Å². The van der Waals surface area contributed by atoms with Crippen molar-refractivity contribution in [3.8, 4) is 0 Å². The highest BCUT2D eigenvalue weighted by Crippen LogP contribution is 2.27. The van der Waals surface area contributed by atoms with Crippen molar-refractivity contribution in [2.45, 2.75) is 17.1 Å². The highest BCUT2D eigenvalue weighted by atomic mass is 35.5. The van der Waals surface area contributed by atoms with Crippen LogP contribution in [0.5, 0.6) is 0 Å². The zero-order chi connectivity index (χ0) is 17.5. The second-order valence-corrected chi connectivity index (χ2v) is 7.99. The van der Waals surface area contributed by atoms with E-state index in [-0.39, 0.29) is 5.91 Å². The van der Waals surface area contributed by atoms with Gasteiger partial charge < -0.3 is 5.32 Å². The van der Waals surface area contributed by atoms with Crippen LogP contribution in [0.15, 0.2) is 70.9 Å². The molecule has 0 aliphatic heterocycles. The fraction of sp³-hybridized carbons (Fsp3) is 0.150. The number of thiophene rings is 1. The van der Waals surface area contributed by atoms with Crippen LogP contribution >= 0.6 is 34.7 Å². The van der Waals surface area contributed by atoms with E-state index in [0.717, 1.165) is 33.2 Å². The molecule has 0 saturated carbocycles. The van der Waals surface area contributed by atoms with Crippen LogP contribution in [0.3, 0.4) is 0 Å². The maximum Gasteiger partial charge on any atom is 0.252 e. The molecule has 3 rings (SSSR count). The quantitative estimate of drug-likeness (QED) is 0.529. The number of carbonyl (C=O) groups is 1. The van der Waals surface area contributed by atoms with Crippen molar-refractivity contribution >= 4 is 40.6 Å². The molecule has 5 heteroatoms. The molecule has 0 radical (unpaired) electrons. The summed E-state index contributed by atoms with van der Waals surface area (Å²) >= 11 is 9.42. The van der Waals surface area contributed by atoms with Crippen LogP contribution in [-0.4, -0.2) is 12.5 Å². The Hall–Kier alpha value is -1.75. The van der Waals surface area contributed by atoms with Crippen molar-refractivity contribution in [2.75, 3.05) is 6.54 Å². The molecular formula is C20H18ClNOS2. The standard InChI is InChI=1S/C20H18ClNOS2/c21-16-6-3-5-15(13-16)10-11-22-20(23)18-8-1-2-9-19(18)25-14-17-7-4-12-24-17/h1-9,12-13H,10-11,14H2,(H,22,23). The normalized spacial score (nSPS) is 10.6. The summed E-state index contributed by atoms with van der Waals surface area (Å²) in [6.07, 6.45) is 0.761. The maximum atomic E-state index is 12.5. The lowest BCUT2D eigenvalue weighted by Gasteiger charge is -2.10. The molecule has 25 heavy (non-hydrogen) atoms. The van der Waals surface area contributed by atoms with Gasteiger partial charge >= 0.3 is 0 Å². The van der Waals surface area contributed by atoms with Crippen LogP contribution < -0.4 is 5.32 Å². The van der Waals surface area contributed by atoms with E-state index in [2.05, 4.69) is 22.8 Å². The Bertz CT molecular complexity index is 833. The second kappa shape index (κ2) is 9.09. The van der Waals surface area contributed by atoms with Gasteiger partial charge in [-0.25, -0.2) is 0 Å². The van der Waals surface area contributed by atoms with Crippen molar-refractivity contribution in [1.29, 1.82) is 0 Å². The molecule has 0 aliphatic rings. The predicted molar refractivity (Wildman–Crippen MR) is 108 cm³/mol. The lowest BCUT2D eigenvalue weighted by Crippen LogP contribution is -2.26. The highest BCUT2D eigenvalue weighted by Gasteiger charge is 2.11. The van der Waals surface area contributed by atoms with Crippen molar-refractivity contribution in [3.63, 3.8) is 0 Å². The van der Waals surface area contributed by atoms with Gasteiger partial charge in [0.2, 0.25) is 0 Å². The maximum absolute atomic E-state index is 12.5. The largest absolute Gasteiger partial charge is 0.352 e. The lowest BCUT2D eigenvalue weighted by molar-refractivity contribution is 0.0951. The van der Waals surface area contributed by atoms with E-state index in [1.54, 1.807) is 23.1 Å². The number of carbonyl (C=O) groups excluding carboxylic acids is 1.